The van der Waals surface area contributed by atoms with E-state index in [0.29, 0.717) is 5.56 Å². The fraction of sp³-hybridized carbons (Fsp3) is 0. The number of nitriles is 1. The first-order chi connectivity index (χ1) is 25.8. The molecular formula is C47H29N5. The third-order valence-electron chi connectivity index (χ3n) is 10.6. The lowest BCUT2D eigenvalue weighted by molar-refractivity contribution is 1.12. The largest absolute Gasteiger partial charge is 0.307 e. The van der Waals surface area contributed by atoms with Crippen molar-refractivity contribution >= 4 is 65.7 Å². The third-order valence-corrected chi connectivity index (χ3v) is 10.6. The van der Waals surface area contributed by atoms with E-state index in [2.05, 4.69) is 200 Å². The van der Waals surface area contributed by atoms with Gasteiger partial charge in [-0.1, -0.05) is 115 Å². The second-order valence-corrected chi connectivity index (χ2v) is 13.3. The maximum absolute atomic E-state index is 11.3. The van der Waals surface area contributed by atoms with E-state index >= 15 is 0 Å². The third kappa shape index (κ3) is 3.75. The summed E-state index contributed by atoms with van der Waals surface area (Å²) in [5.41, 5.74) is 13.3. The maximum Gasteiger partial charge on any atom is 0.104 e. The van der Waals surface area contributed by atoms with Gasteiger partial charge in [0.15, 0.2) is 0 Å². The molecule has 11 rings (SSSR count). The molecule has 11 aromatic rings. The predicted octanol–water partition coefficient (Wildman–Crippen LogP) is 11.6. The Balaban J connectivity index is 1.29. The zero-order chi connectivity index (χ0) is 34.3. The smallest absolute Gasteiger partial charge is 0.104 e. The standard InChI is InChI=1S/C47H29N5/c48-30-37-42(51-40-26-13-9-22-35(40)44-46(51)33-20-7-11-24-38(33)49(44)31-16-3-1-4-17-31)28-15-29-43(37)52-41-27-14-10-23-36(41)45-47(52)34-21-8-12-25-39(34)50(45)32-18-5-2-6-19-32/h1-29H. The van der Waals surface area contributed by atoms with Gasteiger partial charge >= 0.3 is 0 Å². The van der Waals surface area contributed by atoms with Crippen LogP contribution in [0.4, 0.5) is 0 Å². The summed E-state index contributed by atoms with van der Waals surface area (Å²) < 4.78 is 9.34. The van der Waals surface area contributed by atoms with E-state index in [1.165, 1.54) is 0 Å². The molecule has 0 spiro atoms. The van der Waals surface area contributed by atoms with Crippen LogP contribution in [0.2, 0.25) is 0 Å². The molecule has 4 aromatic heterocycles. The van der Waals surface area contributed by atoms with Crippen molar-refractivity contribution in [2.75, 3.05) is 0 Å². The summed E-state index contributed by atoms with van der Waals surface area (Å²) in [5.74, 6) is 0. The molecule has 0 aliphatic carbocycles. The molecule has 0 saturated carbocycles. The molecular weight excluding hydrogens is 635 g/mol. The number of benzene rings is 7. The van der Waals surface area contributed by atoms with Crippen LogP contribution in [-0.2, 0) is 0 Å². The van der Waals surface area contributed by atoms with Crippen molar-refractivity contribution in [1.29, 1.82) is 5.26 Å². The molecule has 242 valence electrons. The zero-order valence-corrected chi connectivity index (χ0v) is 28.0. The second-order valence-electron chi connectivity index (χ2n) is 13.3. The predicted molar refractivity (Wildman–Crippen MR) is 214 cm³/mol. The fourth-order valence-electron chi connectivity index (χ4n) is 8.58. The minimum Gasteiger partial charge on any atom is -0.307 e. The summed E-state index contributed by atoms with van der Waals surface area (Å²) >= 11 is 0. The van der Waals surface area contributed by atoms with Crippen LogP contribution in [0, 0.1) is 11.3 Å². The Kier molecular flexibility index (Phi) is 5.96. The van der Waals surface area contributed by atoms with Crippen LogP contribution < -0.4 is 0 Å². The quantitative estimate of drug-likeness (QED) is 0.185. The molecule has 0 amide bonds. The monoisotopic (exact) mass is 663 g/mol. The Bertz CT molecular complexity index is 3020. The average Bonchev–Trinajstić information content (AvgIpc) is 3.93. The highest BCUT2D eigenvalue weighted by Gasteiger charge is 2.26. The highest BCUT2D eigenvalue weighted by atomic mass is 15.1. The molecule has 0 aliphatic rings. The topological polar surface area (TPSA) is 43.5 Å². The lowest BCUT2D eigenvalue weighted by Gasteiger charge is -2.15. The number of rotatable bonds is 4. The molecule has 0 atom stereocenters. The first-order valence-corrected chi connectivity index (χ1v) is 17.5. The van der Waals surface area contributed by atoms with E-state index < -0.39 is 0 Å². The van der Waals surface area contributed by atoms with Crippen molar-refractivity contribution in [3.8, 4) is 28.8 Å². The van der Waals surface area contributed by atoms with E-state index in [-0.39, 0.29) is 0 Å². The van der Waals surface area contributed by atoms with Crippen molar-refractivity contribution in [3.05, 3.63) is 181 Å². The van der Waals surface area contributed by atoms with Crippen LogP contribution in [0.1, 0.15) is 5.56 Å². The molecule has 4 heterocycles. The van der Waals surface area contributed by atoms with Gasteiger partial charge in [0, 0.05) is 32.9 Å². The summed E-state index contributed by atoms with van der Waals surface area (Å²) in [6.45, 7) is 0. The molecule has 5 heteroatoms. The van der Waals surface area contributed by atoms with E-state index in [4.69, 9.17) is 0 Å². The fourth-order valence-corrected chi connectivity index (χ4v) is 8.58. The van der Waals surface area contributed by atoms with Gasteiger partial charge in [-0.25, -0.2) is 0 Å². The Hall–Kier alpha value is -7.29. The summed E-state index contributed by atoms with van der Waals surface area (Å²) in [4.78, 5) is 0. The average molecular weight is 664 g/mol. The van der Waals surface area contributed by atoms with Crippen molar-refractivity contribution in [3.63, 3.8) is 0 Å². The first kappa shape index (κ1) is 28.5. The van der Waals surface area contributed by atoms with Crippen LogP contribution >= 0.6 is 0 Å². The number of fused-ring (bicyclic) bond motifs is 10. The first-order valence-electron chi connectivity index (χ1n) is 17.5. The van der Waals surface area contributed by atoms with Gasteiger partial charge in [0.1, 0.15) is 11.6 Å². The van der Waals surface area contributed by atoms with Gasteiger partial charge in [0.05, 0.1) is 55.5 Å². The van der Waals surface area contributed by atoms with Crippen LogP contribution in [0.25, 0.3) is 88.4 Å². The van der Waals surface area contributed by atoms with E-state index in [9.17, 15) is 5.26 Å². The maximum atomic E-state index is 11.3. The molecule has 5 nitrogen and oxygen atoms in total. The van der Waals surface area contributed by atoms with Gasteiger partial charge < -0.3 is 18.3 Å². The summed E-state index contributed by atoms with van der Waals surface area (Å²) in [5, 5.41) is 15.8. The molecule has 7 aromatic carbocycles. The lowest BCUT2D eigenvalue weighted by Crippen LogP contribution is -2.03. The Morgan fingerprint density at radius 1 is 0.308 bits per heavy atom. The SMILES string of the molecule is N#Cc1c(-n2c3ccccc3c3c2c2ccccc2n3-c2ccccc2)cccc1-n1c2ccccc2c2c1c1ccccc1n2-c1ccccc1. The van der Waals surface area contributed by atoms with Crippen molar-refractivity contribution in [1.82, 2.24) is 18.3 Å². The van der Waals surface area contributed by atoms with Crippen LogP contribution in [0.5, 0.6) is 0 Å². The Labute approximate surface area is 298 Å². The van der Waals surface area contributed by atoms with Gasteiger partial charge in [-0.15, -0.1) is 0 Å². The molecule has 0 unspecified atom stereocenters. The molecule has 0 radical (unpaired) electrons. The molecule has 52 heavy (non-hydrogen) atoms. The van der Waals surface area contributed by atoms with Crippen LogP contribution in [0.3, 0.4) is 0 Å². The number of aromatic nitrogens is 4. The van der Waals surface area contributed by atoms with Crippen molar-refractivity contribution in [2.24, 2.45) is 0 Å². The molecule has 0 fully saturated rings. The number of hydrogen-bond acceptors (Lipinski definition) is 1. The van der Waals surface area contributed by atoms with Gasteiger partial charge in [0.25, 0.3) is 0 Å². The van der Waals surface area contributed by atoms with Gasteiger partial charge in [-0.3, -0.25) is 0 Å². The summed E-state index contributed by atoms with van der Waals surface area (Å²) in [6, 6.07) is 64.4. The number of nitrogens with zero attached hydrogens (tertiary/aromatic N) is 5. The van der Waals surface area contributed by atoms with Crippen LogP contribution in [-0.4, -0.2) is 18.3 Å². The molecule has 0 bridgehead atoms. The van der Waals surface area contributed by atoms with E-state index in [0.717, 1.165) is 88.4 Å². The Morgan fingerprint density at radius 3 is 0.981 bits per heavy atom. The van der Waals surface area contributed by atoms with Gasteiger partial charge in [-0.2, -0.15) is 5.26 Å². The lowest BCUT2D eigenvalue weighted by atomic mass is 10.1. The van der Waals surface area contributed by atoms with E-state index in [1.54, 1.807) is 0 Å². The highest BCUT2D eigenvalue weighted by Crippen LogP contribution is 2.44. The molecule has 0 N–H and O–H groups in total. The second kappa shape index (κ2) is 10.9. The molecule has 0 aliphatic heterocycles. The van der Waals surface area contributed by atoms with Crippen molar-refractivity contribution < 1.29 is 0 Å². The summed E-state index contributed by atoms with van der Waals surface area (Å²) in [7, 11) is 0. The minimum absolute atomic E-state index is 0.612. The minimum atomic E-state index is 0.612. The van der Waals surface area contributed by atoms with Crippen molar-refractivity contribution in [2.45, 2.75) is 0 Å². The normalized spacial score (nSPS) is 11.8. The highest BCUT2D eigenvalue weighted by molar-refractivity contribution is 6.21. The van der Waals surface area contributed by atoms with Gasteiger partial charge in [0.2, 0.25) is 0 Å². The zero-order valence-electron chi connectivity index (χ0n) is 28.0. The molecule has 0 saturated heterocycles. The summed E-state index contributed by atoms with van der Waals surface area (Å²) in [6.07, 6.45) is 0. The van der Waals surface area contributed by atoms with Gasteiger partial charge in [-0.05, 0) is 60.7 Å². The van der Waals surface area contributed by atoms with E-state index in [1.807, 2.05) is 0 Å². The number of para-hydroxylation sites is 6. The Morgan fingerprint density at radius 2 is 0.615 bits per heavy atom. The number of hydrogen-bond donors (Lipinski definition) is 0. The van der Waals surface area contributed by atoms with Crippen LogP contribution in [0.15, 0.2) is 176 Å².